The van der Waals surface area contributed by atoms with Gasteiger partial charge in [-0.2, -0.15) is 0 Å². The molecule has 1 aliphatic rings. The number of H-pyrrole nitrogens is 1. The highest BCUT2D eigenvalue weighted by Gasteiger charge is 2.28. The first-order valence-electron chi connectivity index (χ1n) is 6.59. The van der Waals surface area contributed by atoms with Crippen LogP contribution in [0.1, 0.15) is 18.9 Å². The van der Waals surface area contributed by atoms with E-state index < -0.39 is 11.7 Å². The molecule has 1 aliphatic carbocycles. The Morgan fingerprint density at radius 2 is 2.32 bits per heavy atom. The van der Waals surface area contributed by atoms with Gasteiger partial charge in [0.05, 0.1) is 11.4 Å². The fourth-order valence-electron chi connectivity index (χ4n) is 1.96. The third kappa shape index (κ3) is 3.33. The van der Waals surface area contributed by atoms with Crippen molar-refractivity contribution in [3.05, 3.63) is 39.5 Å². The smallest absolute Gasteiger partial charge is 0.323 e. The van der Waals surface area contributed by atoms with Crippen molar-refractivity contribution >= 4 is 35.0 Å². The summed E-state index contributed by atoms with van der Waals surface area (Å²) in [5.41, 5.74) is -0.244. The van der Waals surface area contributed by atoms with Gasteiger partial charge < -0.3 is 5.32 Å². The molecule has 1 saturated carbocycles. The summed E-state index contributed by atoms with van der Waals surface area (Å²) in [4.78, 5) is 23.5. The van der Waals surface area contributed by atoms with E-state index in [0.29, 0.717) is 10.2 Å². The number of anilines is 1. The number of aromatic nitrogens is 3. The average Bonchev–Trinajstić information content (AvgIpc) is 3.24. The van der Waals surface area contributed by atoms with Crippen molar-refractivity contribution in [1.82, 2.24) is 14.8 Å². The Bertz CT molecular complexity index is 772. The van der Waals surface area contributed by atoms with Crippen molar-refractivity contribution in [2.24, 2.45) is 0 Å². The molecular formula is C13H12ClFN4O2S. The molecule has 0 aliphatic heterocycles. The quantitative estimate of drug-likeness (QED) is 0.818. The topological polar surface area (TPSA) is 79.8 Å². The molecule has 6 nitrogen and oxygen atoms in total. The van der Waals surface area contributed by atoms with Gasteiger partial charge in [0.2, 0.25) is 5.91 Å². The van der Waals surface area contributed by atoms with Crippen LogP contribution in [0.25, 0.3) is 0 Å². The van der Waals surface area contributed by atoms with E-state index in [9.17, 15) is 14.0 Å². The number of hydrogen-bond acceptors (Lipinski definition) is 4. The number of thioether (sulfide) groups is 1. The lowest BCUT2D eigenvalue weighted by molar-refractivity contribution is -0.113. The maximum Gasteiger partial charge on any atom is 0.344 e. The van der Waals surface area contributed by atoms with Crippen molar-refractivity contribution in [1.29, 1.82) is 0 Å². The van der Waals surface area contributed by atoms with Crippen LogP contribution in [0.4, 0.5) is 10.1 Å². The number of nitrogens with one attached hydrogen (secondary N) is 2. The molecule has 0 unspecified atom stereocenters. The van der Waals surface area contributed by atoms with Crippen molar-refractivity contribution in [2.75, 3.05) is 11.1 Å². The number of nitrogens with zero attached hydrogens (tertiary/aromatic N) is 2. The third-order valence-electron chi connectivity index (χ3n) is 3.12. The fraction of sp³-hybridized carbons (Fsp3) is 0.308. The summed E-state index contributed by atoms with van der Waals surface area (Å²) in [6.07, 6.45) is 1.87. The highest BCUT2D eigenvalue weighted by Crippen LogP contribution is 2.36. The van der Waals surface area contributed by atoms with Crippen LogP contribution in [0.2, 0.25) is 5.02 Å². The van der Waals surface area contributed by atoms with Gasteiger partial charge >= 0.3 is 5.69 Å². The second kappa shape index (κ2) is 6.13. The average molecular weight is 343 g/mol. The van der Waals surface area contributed by atoms with Crippen LogP contribution in [0.3, 0.4) is 0 Å². The predicted octanol–water partition coefficient (Wildman–Crippen LogP) is 2.43. The molecule has 1 heterocycles. The molecule has 3 rings (SSSR count). The lowest BCUT2D eigenvalue weighted by Crippen LogP contribution is -2.18. The molecule has 116 valence electrons. The third-order valence-corrected chi connectivity index (χ3v) is 4.31. The maximum atomic E-state index is 13.5. The Labute approximate surface area is 134 Å². The van der Waals surface area contributed by atoms with E-state index in [1.165, 1.54) is 18.2 Å². The van der Waals surface area contributed by atoms with Crippen molar-refractivity contribution in [3.8, 4) is 0 Å². The van der Waals surface area contributed by atoms with Crippen LogP contribution in [0, 0.1) is 5.82 Å². The van der Waals surface area contributed by atoms with Gasteiger partial charge in [-0.1, -0.05) is 23.4 Å². The minimum absolute atomic E-state index is 0.0168. The minimum Gasteiger partial charge on any atom is -0.323 e. The summed E-state index contributed by atoms with van der Waals surface area (Å²) in [5.74, 6) is -0.940. The van der Waals surface area contributed by atoms with E-state index in [4.69, 9.17) is 11.6 Å². The molecule has 1 aromatic carbocycles. The van der Waals surface area contributed by atoms with Crippen molar-refractivity contribution in [3.63, 3.8) is 0 Å². The van der Waals surface area contributed by atoms with E-state index in [1.54, 1.807) is 4.57 Å². The van der Waals surface area contributed by atoms with Crippen LogP contribution in [-0.4, -0.2) is 26.4 Å². The number of amides is 1. The highest BCUT2D eigenvalue weighted by molar-refractivity contribution is 7.99. The zero-order valence-corrected chi connectivity index (χ0v) is 12.9. The Morgan fingerprint density at radius 1 is 1.55 bits per heavy atom. The number of carbonyl (C=O) groups excluding carboxylic acids is 1. The first kappa shape index (κ1) is 15.1. The second-order valence-corrected chi connectivity index (χ2v) is 6.25. The molecular weight excluding hydrogens is 331 g/mol. The zero-order chi connectivity index (χ0) is 15.7. The van der Waals surface area contributed by atoms with Crippen LogP contribution in [0.15, 0.2) is 28.2 Å². The van der Waals surface area contributed by atoms with Gasteiger partial charge in [-0.05, 0) is 31.0 Å². The molecule has 0 radical (unpaired) electrons. The van der Waals surface area contributed by atoms with Crippen LogP contribution < -0.4 is 11.0 Å². The van der Waals surface area contributed by atoms with Gasteiger partial charge in [-0.25, -0.2) is 14.3 Å². The molecule has 0 bridgehead atoms. The SMILES string of the molecule is O=C(CSc1n[nH]c(=O)n1C1CC1)Nc1cc(Cl)ccc1F. The van der Waals surface area contributed by atoms with E-state index >= 15 is 0 Å². The van der Waals surface area contributed by atoms with Crippen LogP contribution in [-0.2, 0) is 4.79 Å². The summed E-state index contributed by atoms with van der Waals surface area (Å²) in [7, 11) is 0. The molecule has 1 fully saturated rings. The lowest BCUT2D eigenvalue weighted by atomic mass is 10.3. The molecule has 0 saturated heterocycles. The Balaban J connectivity index is 1.63. The highest BCUT2D eigenvalue weighted by atomic mass is 35.5. The summed E-state index contributed by atoms with van der Waals surface area (Å²) in [5, 5.41) is 9.52. The summed E-state index contributed by atoms with van der Waals surface area (Å²) >= 11 is 6.89. The molecule has 1 aromatic heterocycles. The molecule has 22 heavy (non-hydrogen) atoms. The molecule has 2 aromatic rings. The molecule has 9 heteroatoms. The number of benzene rings is 1. The summed E-state index contributed by atoms with van der Waals surface area (Å²) in [6.45, 7) is 0. The van der Waals surface area contributed by atoms with Gasteiger partial charge in [-0.15, -0.1) is 5.10 Å². The van der Waals surface area contributed by atoms with E-state index in [1.807, 2.05) is 0 Å². The number of hydrogen-bond donors (Lipinski definition) is 2. The Morgan fingerprint density at radius 3 is 3.05 bits per heavy atom. The summed E-state index contributed by atoms with van der Waals surface area (Å²) < 4.78 is 15.1. The van der Waals surface area contributed by atoms with Crippen LogP contribution in [0.5, 0.6) is 0 Å². The number of aromatic amines is 1. The molecule has 0 spiro atoms. The normalized spacial score (nSPS) is 14.1. The van der Waals surface area contributed by atoms with E-state index in [-0.39, 0.29) is 23.2 Å². The number of rotatable bonds is 5. The number of halogens is 2. The van der Waals surface area contributed by atoms with Crippen LogP contribution >= 0.6 is 23.4 Å². The van der Waals surface area contributed by atoms with Crippen molar-refractivity contribution in [2.45, 2.75) is 24.0 Å². The van der Waals surface area contributed by atoms with Gasteiger partial charge in [0, 0.05) is 11.1 Å². The monoisotopic (exact) mass is 342 g/mol. The Hall–Kier alpha value is -1.80. The van der Waals surface area contributed by atoms with Gasteiger partial charge in [0.1, 0.15) is 5.82 Å². The molecule has 0 atom stereocenters. The fourth-order valence-corrected chi connectivity index (χ4v) is 2.94. The van der Waals surface area contributed by atoms with Crippen molar-refractivity contribution < 1.29 is 9.18 Å². The predicted molar refractivity (Wildman–Crippen MR) is 81.9 cm³/mol. The number of carbonyl (C=O) groups is 1. The standard InChI is InChI=1S/C13H12ClFN4O2S/c14-7-1-4-9(15)10(5-7)16-11(20)6-22-13-18-17-12(21)19(13)8-2-3-8/h1,4-5,8H,2-3,6H2,(H,16,20)(H,17,21). The molecule has 1 amide bonds. The largest absolute Gasteiger partial charge is 0.344 e. The second-order valence-electron chi connectivity index (χ2n) is 4.87. The summed E-state index contributed by atoms with van der Waals surface area (Å²) in [6, 6.07) is 4.10. The van der Waals surface area contributed by atoms with E-state index in [0.717, 1.165) is 24.6 Å². The zero-order valence-electron chi connectivity index (χ0n) is 11.3. The minimum atomic E-state index is -0.558. The lowest BCUT2D eigenvalue weighted by Gasteiger charge is -2.07. The van der Waals surface area contributed by atoms with E-state index in [2.05, 4.69) is 15.5 Å². The maximum absolute atomic E-state index is 13.5. The van der Waals surface area contributed by atoms with Gasteiger partial charge in [-0.3, -0.25) is 9.36 Å². The van der Waals surface area contributed by atoms with Gasteiger partial charge in [0.25, 0.3) is 0 Å². The first-order valence-corrected chi connectivity index (χ1v) is 7.95. The molecule has 2 N–H and O–H groups in total. The first-order chi connectivity index (χ1) is 10.5. The van der Waals surface area contributed by atoms with Gasteiger partial charge in [0.15, 0.2) is 5.16 Å². The Kier molecular flexibility index (Phi) is 4.21.